The highest BCUT2D eigenvalue weighted by atomic mass is 31.2. The van der Waals surface area contributed by atoms with Crippen LogP contribution in [0.5, 0.6) is 0 Å². The summed E-state index contributed by atoms with van der Waals surface area (Å²) in [5.41, 5.74) is 0. The van der Waals surface area contributed by atoms with E-state index in [9.17, 15) is 43.2 Å². The van der Waals surface area contributed by atoms with Gasteiger partial charge in [-0.1, -0.05) is 286 Å². The smallest absolute Gasteiger partial charge is 0.462 e. The van der Waals surface area contributed by atoms with Crippen LogP contribution in [0.25, 0.3) is 0 Å². The number of phosphoric ester groups is 2. The van der Waals surface area contributed by atoms with Crippen LogP contribution >= 0.6 is 15.6 Å². The molecule has 0 bridgehead atoms. The number of hydrogen-bond donors (Lipinski definition) is 3. The second-order valence-corrected chi connectivity index (χ2v) is 27.8. The van der Waals surface area contributed by atoms with Gasteiger partial charge in [0.25, 0.3) is 0 Å². The van der Waals surface area contributed by atoms with Gasteiger partial charge in [-0.15, -0.1) is 0 Å². The van der Waals surface area contributed by atoms with E-state index < -0.39 is 97.5 Å². The first kappa shape index (κ1) is 84.1. The van der Waals surface area contributed by atoms with E-state index in [0.29, 0.717) is 25.7 Å². The fourth-order valence-electron chi connectivity index (χ4n) is 10.0. The highest BCUT2D eigenvalue weighted by molar-refractivity contribution is 7.47. The molecule has 6 atom stereocenters. The first-order valence-electron chi connectivity index (χ1n) is 35.0. The molecule has 3 N–H and O–H groups in total. The first-order chi connectivity index (χ1) is 41.4. The molecule has 0 saturated carbocycles. The third-order valence-corrected chi connectivity index (χ3v) is 17.7. The molecule has 0 aromatic heterocycles. The number of hydrogen-bond acceptors (Lipinski definition) is 15. The first-order valence-corrected chi connectivity index (χ1v) is 38.0. The molecular weight excluding hydrogens is 1140 g/mol. The van der Waals surface area contributed by atoms with Gasteiger partial charge < -0.3 is 33.8 Å². The van der Waals surface area contributed by atoms with E-state index in [4.69, 9.17) is 37.0 Å². The standard InChI is InChI=1S/C67H130O17P2/c1-7-10-12-14-16-18-20-25-33-39-45-51-66(71)83-62(55-77-64(69)49-43-37-31-24-19-17-15-13-11-8-2)57-81-85(73,74)79-53-61(68)54-80-86(75,76)82-58-63(56-78-65(70)50-44-38-32-28-27-30-36-42-48-60(6)9-3)84-67(72)52-46-40-34-26-22-21-23-29-35-41-47-59(4)5/h59-63,68H,7-58H2,1-6H3,(H,73,74)(H,75,76)/t60?,61-,62+,63+/m0/s1. The maximum Gasteiger partial charge on any atom is 0.472 e. The summed E-state index contributed by atoms with van der Waals surface area (Å²) >= 11 is 0. The quantitative estimate of drug-likeness (QED) is 0.0222. The average molecular weight is 1270 g/mol. The van der Waals surface area contributed by atoms with Crippen LogP contribution in [0, 0.1) is 11.8 Å². The topological polar surface area (TPSA) is 237 Å². The number of rotatable bonds is 66. The highest BCUT2D eigenvalue weighted by Gasteiger charge is 2.30. The van der Waals surface area contributed by atoms with Gasteiger partial charge in [0.05, 0.1) is 26.4 Å². The number of aliphatic hydroxyl groups excluding tert-OH is 1. The zero-order valence-corrected chi connectivity index (χ0v) is 57.4. The van der Waals surface area contributed by atoms with Gasteiger partial charge in [-0.05, 0) is 37.5 Å². The lowest BCUT2D eigenvalue weighted by molar-refractivity contribution is -0.161. The number of esters is 4. The lowest BCUT2D eigenvalue weighted by Gasteiger charge is -2.21. The van der Waals surface area contributed by atoms with Crippen LogP contribution in [-0.4, -0.2) is 96.7 Å². The molecule has 0 aliphatic carbocycles. The van der Waals surface area contributed by atoms with Gasteiger partial charge in [-0.3, -0.25) is 37.3 Å². The third-order valence-electron chi connectivity index (χ3n) is 15.8. The Hall–Kier alpha value is -1.94. The number of carbonyl (C=O) groups excluding carboxylic acids is 4. The van der Waals surface area contributed by atoms with Crippen molar-refractivity contribution in [2.75, 3.05) is 39.6 Å². The van der Waals surface area contributed by atoms with Crippen LogP contribution in [0.15, 0.2) is 0 Å². The Morgan fingerprint density at radius 1 is 0.337 bits per heavy atom. The van der Waals surface area contributed by atoms with Crippen molar-refractivity contribution in [3.8, 4) is 0 Å². The molecule has 510 valence electrons. The summed E-state index contributed by atoms with van der Waals surface area (Å²) in [6.07, 6.45) is 42.9. The molecule has 0 saturated heterocycles. The van der Waals surface area contributed by atoms with Crippen molar-refractivity contribution in [2.45, 2.75) is 355 Å². The molecule has 0 rings (SSSR count). The van der Waals surface area contributed by atoms with Gasteiger partial charge in [0.15, 0.2) is 12.2 Å². The molecule has 0 aliphatic rings. The summed E-state index contributed by atoms with van der Waals surface area (Å²) in [5.74, 6) is -0.599. The predicted octanol–water partition coefficient (Wildman–Crippen LogP) is 18.8. The summed E-state index contributed by atoms with van der Waals surface area (Å²) < 4.78 is 68.1. The Balaban J connectivity index is 5.26. The van der Waals surface area contributed by atoms with Crippen LogP contribution in [0.1, 0.15) is 337 Å². The van der Waals surface area contributed by atoms with Crippen molar-refractivity contribution in [3.05, 3.63) is 0 Å². The molecule has 0 aliphatic heterocycles. The van der Waals surface area contributed by atoms with E-state index in [0.717, 1.165) is 102 Å². The summed E-state index contributed by atoms with van der Waals surface area (Å²) in [6, 6.07) is 0. The fraction of sp³-hybridized carbons (Fsp3) is 0.940. The zero-order valence-electron chi connectivity index (χ0n) is 55.6. The second-order valence-electron chi connectivity index (χ2n) is 24.9. The maximum atomic E-state index is 13.0. The maximum absolute atomic E-state index is 13.0. The monoisotopic (exact) mass is 1270 g/mol. The summed E-state index contributed by atoms with van der Waals surface area (Å²) in [4.78, 5) is 72.4. The van der Waals surface area contributed by atoms with Gasteiger partial charge in [-0.2, -0.15) is 0 Å². The average Bonchev–Trinajstić information content (AvgIpc) is 3.54. The Morgan fingerprint density at radius 3 is 0.884 bits per heavy atom. The van der Waals surface area contributed by atoms with E-state index in [1.165, 1.54) is 154 Å². The molecule has 86 heavy (non-hydrogen) atoms. The number of ether oxygens (including phenoxy) is 4. The van der Waals surface area contributed by atoms with Crippen molar-refractivity contribution in [1.82, 2.24) is 0 Å². The summed E-state index contributed by atoms with van der Waals surface area (Å²) in [5, 5.41) is 10.6. The van der Waals surface area contributed by atoms with E-state index >= 15 is 0 Å². The van der Waals surface area contributed by atoms with E-state index in [1.807, 2.05) is 0 Å². The van der Waals surface area contributed by atoms with Gasteiger partial charge in [-0.25, -0.2) is 9.13 Å². The Morgan fingerprint density at radius 2 is 0.593 bits per heavy atom. The minimum Gasteiger partial charge on any atom is -0.462 e. The molecule has 0 aromatic rings. The third kappa shape index (κ3) is 59.7. The lowest BCUT2D eigenvalue weighted by Crippen LogP contribution is -2.30. The number of unbranched alkanes of at least 4 members (excludes halogenated alkanes) is 35. The van der Waals surface area contributed by atoms with Crippen molar-refractivity contribution < 1.29 is 80.2 Å². The van der Waals surface area contributed by atoms with E-state index in [2.05, 4.69) is 41.5 Å². The van der Waals surface area contributed by atoms with Crippen LogP contribution < -0.4 is 0 Å². The Labute approximate surface area is 524 Å². The normalized spacial score (nSPS) is 14.5. The molecule has 17 nitrogen and oxygen atoms in total. The van der Waals surface area contributed by atoms with Gasteiger partial charge in [0.2, 0.25) is 0 Å². The molecule has 0 fully saturated rings. The molecule has 0 radical (unpaired) electrons. The van der Waals surface area contributed by atoms with Crippen molar-refractivity contribution >= 4 is 39.5 Å². The summed E-state index contributed by atoms with van der Waals surface area (Å²) in [6.45, 7) is 9.51. The van der Waals surface area contributed by atoms with Crippen LogP contribution in [0.4, 0.5) is 0 Å². The summed E-state index contributed by atoms with van der Waals surface area (Å²) in [7, 11) is -9.89. The second kappa shape index (κ2) is 59.4. The molecule has 0 aromatic carbocycles. The van der Waals surface area contributed by atoms with E-state index in [-0.39, 0.29) is 25.7 Å². The van der Waals surface area contributed by atoms with E-state index in [1.54, 1.807) is 0 Å². The zero-order chi connectivity index (χ0) is 63.6. The predicted molar refractivity (Wildman–Crippen MR) is 345 cm³/mol. The molecule has 0 spiro atoms. The van der Waals surface area contributed by atoms with Crippen molar-refractivity contribution in [2.24, 2.45) is 11.8 Å². The van der Waals surface area contributed by atoms with Crippen LogP contribution in [-0.2, 0) is 65.4 Å². The van der Waals surface area contributed by atoms with Crippen molar-refractivity contribution in [1.29, 1.82) is 0 Å². The molecule has 19 heteroatoms. The number of carbonyl (C=O) groups is 4. The van der Waals surface area contributed by atoms with Crippen LogP contribution in [0.3, 0.4) is 0 Å². The van der Waals surface area contributed by atoms with Gasteiger partial charge in [0, 0.05) is 25.7 Å². The molecule has 0 heterocycles. The highest BCUT2D eigenvalue weighted by Crippen LogP contribution is 2.45. The SMILES string of the molecule is CCCCCCCCCCCCCC(=O)O[C@H](COC(=O)CCCCCCCCCCCC)COP(=O)(O)OC[C@H](O)COP(=O)(O)OC[C@@H](COC(=O)CCCCCCCCCCC(C)CC)OC(=O)CCCCCCCCCCCCC(C)C. The lowest BCUT2D eigenvalue weighted by atomic mass is 9.99. The molecular formula is C67H130O17P2. The largest absolute Gasteiger partial charge is 0.472 e. The number of aliphatic hydroxyl groups is 1. The fourth-order valence-corrected chi connectivity index (χ4v) is 11.6. The van der Waals surface area contributed by atoms with Gasteiger partial charge >= 0.3 is 39.5 Å². The van der Waals surface area contributed by atoms with Crippen LogP contribution in [0.2, 0.25) is 0 Å². The molecule has 0 amide bonds. The van der Waals surface area contributed by atoms with Gasteiger partial charge in [0.1, 0.15) is 19.3 Å². The minimum absolute atomic E-state index is 0.105. The minimum atomic E-state index is -4.95. The Bertz CT molecular complexity index is 1690. The van der Waals surface area contributed by atoms with Crippen molar-refractivity contribution in [3.63, 3.8) is 0 Å². The Kier molecular flexibility index (Phi) is 58.0. The number of phosphoric acid groups is 2. The molecule has 3 unspecified atom stereocenters.